The Morgan fingerprint density at radius 3 is 3.00 bits per heavy atom. The molecule has 0 spiro atoms. The molecule has 2 nitrogen and oxygen atoms in total. The van der Waals surface area contributed by atoms with Crippen LogP contribution in [-0.2, 0) is 6.54 Å². The van der Waals surface area contributed by atoms with Gasteiger partial charge < -0.3 is 4.57 Å². The highest BCUT2D eigenvalue weighted by atomic mass is 127. The molecule has 0 radical (unpaired) electrons. The summed E-state index contributed by atoms with van der Waals surface area (Å²) in [5.74, 6) is 0.947. The molecule has 0 atom stereocenters. The van der Waals surface area contributed by atoms with Crippen LogP contribution >= 0.6 is 22.6 Å². The molecule has 0 unspecified atom stereocenters. The molecule has 2 rings (SSSR count). The minimum absolute atomic E-state index is 0.947. The van der Waals surface area contributed by atoms with Gasteiger partial charge in [-0.1, -0.05) is 0 Å². The third-order valence-corrected chi connectivity index (χ3v) is 2.71. The molecule has 0 saturated heterocycles. The van der Waals surface area contributed by atoms with Gasteiger partial charge >= 0.3 is 0 Å². The van der Waals surface area contributed by atoms with Crippen molar-refractivity contribution in [1.29, 1.82) is 0 Å². The molecule has 10 heavy (non-hydrogen) atoms. The number of rotatable bonds is 2. The maximum atomic E-state index is 4.06. The first-order valence-electron chi connectivity index (χ1n) is 3.52. The van der Waals surface area contributed by atoms with Crippen LogP contribution in [0.2, 0.25) is 0 Å². The predicted molar refractivity (Wildman–Crippen MR) is 47.7 cm³/mol. The molecule has 1 aromatic rings. The Labute approximate surface area is 73.8 Å². The van der Waals surface area contributed by atoms with Gasteiger partial charge in [-0.25, -0.2) is 4.98 Å². The van der Waals surface area contributed by atoms with Gasteiger partial charge in [-0.15, -0.1) is 0 Å². The highest BCUT2D eigenvalue weighted by Crippen LogP contribution is 2.30. The van der Waals surface area contributed by atoms with E-state index in [2.05, 4.69) is 32.1 Å². The lowest BCUT2D eigenvalue weighted by Gasteiger charge is -1.99. The van der Waals surface area contributed by atoms with Crippen LogP contribution in [0.25, 0.3) is 0 Å². The molecule has 0 bridgehead atoms. The van der Waals surface area contributed by atoms with Crippen molar-refractivity contribution in [3.05, 3.63) is 16.2 Å². The summed E-state index contributed by atoms with van der Waals surface area (Å²) in [6, 6.07) is 0. The van der Waals surface area contributed by atoms with Crippen molar-refractivity contribution in [3.63, 3.8) is 0 Å². The summed E-state index contributed by atoms with van der Waals surface area (Å²) in [6.45, 7) is 1.18. The molecule has 1 fully saturated rings. The van der Waals surface area contributed by atoms with Gasteiger partial charge in [-0.2, -0.15) is 0 Å². The molecule has 0 amide bonds. The number of imidazole rings is 1. The van der Waals surface area contributed by atoms with E-state index in [0.717, 1.165) is 5.92 Å². The topological polar surface area (TPSA) is 17.8 Å². The van der Waals surface area contributed by atoms with E-state index in [0.29, 0.717) is 0 Å². The first-order chi connectivity index (χ1) is 4.86. The Morgan fingerprint density at radius 2 is 2.50 bits per heavy atom. The first kappa shape index (κ1) is 6.64. The second kappa shape index (κ2) is 2.53. The van der Waals surface area contributed by atoms with E-state index in [1.165, 1.54) is 23.1 Å². The molecule has 1 aliphatic rings. The third-order valence-electron chi connectivity index (χ3n) is 1.81. The van der Waals surface area contributed by atoms with E-state index in [-0.39, 0.29) is 0 Å². The van der Waals surface area contributed by atoms with Crippen LogP contribution in [0.15, 0.2) is 12.5 Å². The highest BCUT2D eigenvalue weighted by molar-refractivity contribution is 14.1. The highest BCUT2D eigenvalue weighted by Gasteiger charge is 2.21. The molecule has 0 aliphatic heterocycles. The second-order valence-corrected chi connectivity index (χ2v) is 3.92. The number of halogens is 1. The zero-order chi connectivity index (χ0) is 6.97. The Bertz CT molecular complexity index is 227. The lowest BCUT2D eigenvalue weighted by molar-refractivity contribution is 0.616. The summed E-state index contributed by atoms with van der Waals surface area (Å²) in [6.07, 6.45) is 6.64. The molecule has 1 saturated carbocycles. The van der Waals surface area contributed by atoms with Gasteiger partial charge in [0.1, 0.15) is 0 Å². The molecule has 1 aliphatic carbocycles. The van der Waals surface area contributed by atoms with Gasteiger partial charge in [-0.3, -0.25) is 0 Å². The number of hydrogen-bond acceptors (Lipinski definition) is 1. The Balaban J connectivity index is 2.08. The van der Waals surface area contributed by atoms with Crippen molar-refractivity contribution >= 4 is 22.6 Å². The van der Waals surface area contributed by atoms with E-state index < -0.39 is 0 Å². The van der Waals surface area contributed by atoms with Gasteiger partial charge in [0.05, 0.1) is 16.2 Å². The van der Waals surface area contributed by atoms with Gasteiger partial charge in [0.25, 0.3) is 0 Å². The molecular weight excluding hydrogens is 239 g/mol. The molecule has 1 heterocycles. The Hall–Kier alpha value is -0.0600. The molecule has 1 aromatic heterocycles. The minimum Gasteiger partial charge on any atom is -0.326 e. The predicted octanol–water partition coefficient (Wildman–Crippen LogP) is 1.90. The standard InChI is InChI=1S/C7H9IN2/c8-7-3-9-5-10(7)4-6-1-2-6/h3,5-6H,1-2,4H2. The van der Waals surface area contributed by atoms with Crippen molar-refractivity contribution in [1.82, 2.24) is 9.55 Å². The van der Waals surface area contributed by atoms with Crippen molar-refractivity contribution in [2.24, 2.45) is 5.92 Å². The van der Waals surface area contributed by atoms with Crippen LogP contribution in [0, 0.1) is 9.62 Å². The first-order valence-corrected chi connectivity index (χ1v) is 4.60. The van der Waals surface area contributed by atoms with Crippen molar-refractivity contribution in [2.45, 2.75) is 19.4 Å². The summed E-state index contributed by atoms with van der Waals surface area (Å²) in [5.41, 5.74) is 0. The summed E-state index contributed by atoms with van der Waals surface area (Å²) in [5, 5.41) is 0. The monoisotopic (exact) mass is 248 g/mol. The fourth-order valence-corrected chi connectivity index (χ4v) is 1.50. The lowest BCUT2D eigenvalue weighted by Crippen LogP contribution is -1.99. The quantitative estimate of drug-likeness (QED) is 0.731. The Morgan fingerprint density at radius 1 is 1.70 bits per heavy atom. The maximum Gasteiger partial charge on any atom is 0.0995 e. The summed E-state index contributed by atoms with van der Waals surface area (Å²) in [4.78, 5) is 4.06. The zero-order valence-electron chi connectivity index (χ0n) is 5.63. The van der Waals surface area contributed by atoms with Crippen molar-refractivity contribution < 1.29 is 0 Å². The van der Waals surface area contributed by atoms with Crippen LogP contribution in [0.5, 0.6) is 0 Å². The van der Waals surface area contributed by atoms with E-state index in [4.69, 9.17) is 0 Å². The van der Waals surface area contributed by atoms with Gasteiger partial charge in [0.2, 0.25) is 0 Å². The average Bonchev–Trinajstić information content (AvgIpc) is 2.62. The molecule has 3 heteroatoms. The van der Waals surface area contributed by atoms with Crippen LogP contribution in [-0.4, -0.2) is 9.55 Å². The maximum absolute atomic E-state index is 4.06. The van der Waals surface area contributed by atoms with Gasteiger partial charge in [-0.05, 0) is 41.4 Å². The third kappa shape index (κ3) is 1.33. The fraction of sp³-hybridized carbons (Fsp3) is 0.571. The molecule has 0 aromatic carbocycles. The Kier molecular flexibility index (Phi) is 1.68. The van der Waals surface area contributed by atoms with Crippen molar-refractivity contribution in [2.75, 3.05) is 0 Å². The van der Waals surface area contributed by atoms with E-state index >= 15 is 0 Å². The van der Waals surface area contributed by atoms with Crippen LogP contribution in [0.4, 0.5) is 0 Å². The van der Waals surface area contributed by atoms with E-state index in [1.807, 2.05) is 12.5 Å². The smallest absolute Gasteiger partial charge is 0.0995 e. The largest absolute Gasteiger partial charge is 0.326 e. The second-order valence-electron chi connectivity index (χ2n) is 2.81. The fourth-order valence-electron chi connectivity index (χ4n) is 1.02. The van der Waals surface area contributed by atoms with E-state index in [9.17, 15) is 0 Å². The molecule has 0 N–H and O–H groups in total. The SMILES string of the molecule is Ic1cncn1CC1CC1. The van der Waals surface area contributed by atoms with Gasteiger partial charge in [0.15, 0.2) is 0 Å². The number of nitrogens with zero attached hydrogens (tertiary/aromatic N) is 2. The zero-order valence-corrected chi connectivity index (χ0v) is 7.78. The van der Waals surface area contributed by atoms with Crippen LogP contribution < -0.4 is 0 Å². The molecule has 54 valence electrons. The van der Waals surface area contributed by atoms with Crippen LogP contribution in [0.3, 0.4) is 0 Å². The number of aromatic nitrogens is 2. The van der Waals surface area contributed by atoms with Crippen LogP contribution in [0.1, 0.15) is 12.8 Å². The number of hydrogen-bond donors (Lipinski definition) is 0. The minimum atomic E-state index is 0.947. The average molecular weight is 248 g/mol. The summed E-state index contributed by atoms with van der Waals surface area (Å²) in [7, 11) is 0. The molecular formula is C7H9IN2. The normalized spacial score (nSPS) is 17.7. The van der Waals surface area contributed by atoms with E-state index in [1.54, 1.807) is 0 Å². The summed E-state index contributed by atoms with van der Waals surface area (Å²) >= 11 is 2.32. The van der Waals surface area contributed by atoms with Crippen molar-refractivity contribution in [3.8, 4) is 0 Å². The van der Waals surface area contributed by atoms with Gasteiger partial charge in [0, 0.05) is 6.54 Å². The summed E-state index contributed by atoms with van der Waals surface area (Å²) < 4.78 is 3.47. The lowest BCUT2D eigenvalue weighted by atomic mass is 10.4.